The number of carbonyl (C=O) groups excluding carboxylic acids is 1. The molecule has 1 saturated carbocycles. The fraction of sp³-hybridized carbons (Fsp3) is 0.364. The molecule has 1 aliphatic rings. The molecule has 2 rings (SSSR count). The normalized spacial score (nSPS) is 28.8. The van der Waals surface area contributed by atoms with E-state index in [0.717, 1.165) is 6.26 Å². The van der Waals surface area contributed by atoms with Gasteiger partial charge in [-0.15, -0.1) is 0 Å². The monoisotopic (exact) mass is 242 g/mol. The van der Waals surface area contributed by atoms with E-state index in [9.17, 15) is 17.6 Å². The Kier molecular flexibility index (Phi) is 2.58. The molecule has 3 nitrogen and oxygen atoms in total. The van der Waals surface area contributed by atoms with Gasteiger partial charge in [-0.25, -0.2) is 12.8 Å². The van der Waals surface area contributed by atoms with Crippen LogP contribution in [-0.2, 0) is 14.6 Å². The van der Waals surface area contributed by atoms with Crippen molar-refractivity contribution >= 4 is 16.1 Å². The number of benzene rings is 1. The van der Waals surface area contributed by atoms with Crippen LogP contribution in [0.3, 0.4) is 0 Å². The molecule has 0 amide bonds. The molecule has 0 aromatic heterocycles. The van der Waals surface area contributed by atoms with Crippen molar-refractivity contribution in [2.24, 2.45) is 5.92 Å². The summed E-state index contributed by atoms with van der Waals surface area (Å²) in [7, 11) is -3.25. The molecule has 1 fully saturated rings. The van der Waals surface area contributed by atoms with E-state index >= 15 is 0 Å². The molecule has 0 N–H and O–H groups in total. The Morgan fingerprint density at radius 2 is 2.06 bits per heavy atom. The molecule has 0 aliphatic heterocycles. The summed E-state index contributed by atoms with van der Waals surface area (Å²) in [4.78, 5) is 10.7. The highest BCUT2D eigenvalue weighted by atomic mass is 32.2. The van der Waals surface area contributed by atoms with Crippen LogP contribution >= 0.6 is 0 Å². The topological polar surface area (TPSA) is 51.2 Å². The van der Waals surface area contributed by atoms with Crippen LogP contribution in [0.1, 0.15) is 11.5 Å². The van der Waals surface area contributed by atoms with Crippen LogP contribution in [-0.4, -0.2) is 26.2 Å². The van der Waals surface area contributed by atoms with Crippen LogP contribution in [0.4, 0.5) is 4.39 Å². The maximum Gasteiger partial charge on any atom is 0.151 e. The number of hydrogen-bond donors (Lipinski definition) is 0. The van der Waals surface area contributed by atoms with Gasteiger partial charge in [-0.1, -0.05) is 12.1 Å². The molecule has 0 radical (unpaired) electrons. The highest BCUT2D eigenvalue weighted by molar-refractivity contribution is 7.91. The fourth-order valence-electron chi connectivity index (χ4n) is 2.14. The van der Waals surface area contributed by atoms with E-state index < -0.39 is 26.8 Å². The molecule has 1 aromatic carbocycles. The fourth-order valence-corrected chi connectivity index (χ4v) is 3.73. The third-order valence-corrected chi connectivity index (χ3v) is 4.49. The summed E-state index contributed by atoms with van der Waals surface area (Å²) in [6, 6.07) is 5.74. The van der Waals surface area contributed by atoms with Gasteiger partial charge in [0.2, 0.25) is 0 Å². The van der Waals surface area contributed by atoms with Crippen LogP contribution in [0.15, 0.2) is 24.3 Å². The van der Waals surface area contributed by atoms with E-state index in [0.29, 0.717) is 11.8 Å². The quantitative estimate of drug-likeness (QED) is 0.747. The average molecular weight is 242 g/mol. The van der Waals surface area contributed by atoms with Crippen molar-refractivity contribution in [3.8, 4) is 0 Å². The van der Waals surface area contributed by atoms with Gasteiger partial charge in [-0.2, -0.15) is 0 Å². The van der Waals surface area contributed by atoms with Gasteiger partial charge in [0, 0.05) is 18.1 Å². The Labute approximate surface area is 93.2 Å². The highest BCUT2D eigenvalue weighted by Crippen LogP contribution is 2.50. The van der Waals surface area contributed by atoms with Crippen LogP contribution in [0.2, 0.25) is 0 Å². The lowest BCUT2D eigenvalue weighted by atomic mass is 10.1. The minimum absolute atomic E-state index is 0.386. The number of carbonyl (C=O) groups is 1. The van der Waals surface area contributed by atoms with Crippen LogP contribution in [0.25, 0.3) is 0 Å². The van der Waals surface area contributed by atoms with Crippen molar-refractivity contribution in [2.45, 2.75) is 11.2 Å². The second-order valence-corrected chi connectivity index (χ2v) is 6.29. The maximum absolute atomic E-state index is 13.0. The highest BCUT2D eigenvalue weighted by Gasteiger charge is 2.57. The van der Waals surface area contributed by atoms with E-state index in [4.69, 9.17) is 0 Å². The largest absolute Gasteiger partial charge is 0.303 e. The van der Waals surface area contributed by atoms with Crippen molar-refractivity contribution in [2.75, 3.05) is 6.26 Å². The van der Waals surface area contributed by atoms with Crippen LogP contribution in [0.5, 0.6) is 0 Å². The summed E-state index contributed by atoms with van der Waals surface area (Å²) < 4.78 is 35.7. The summed E-state index contributed by atoms with van der Waals surface area (Å²) in [5.74, 6) is -1.33. The molecule has 86 valence electrons. The van der Waals surface area contributed by atoms with Gasteiger partial charge in [0.15, 0.2) is 9.84 Å². The molecular weight excluding hydrogens is 231 g/mol. The predicted octanol–water partition coefficient (Wildman–Crippen LogP) is 1.15. The second-order valence-electron chi connectivity index (χ2n) is 4.09. The lowest BCUT2D eigenvalue weighted by molar-refractivity contribution is -0.108. The van der Waals surface area contributed by atoms with Gasteiger partial charge in [0.05, 0.1) is 5.25 Å². The molecule has 3 atom stereocenters. The maximum atomic E-state index is 13.0. The Morgan fingerprint density at radius 1 is 1.38 bits per heavy atom. The van der Waals surface area contributed by atoms with Gasteiger partial charge in [-0.3, -0.25) is 0 Å². The molecule has 1 aromatic rings. The standard InChI is InChI=1S/C11H11FO3S/c1-16(14,15)11-9(6-13)10(11)7-3-2-4-8(12)5-7/h2-6,9-11H,1H3/t9-,10+,11+/m0/s1. The number of rotatable bonds is 3. The van der Waals surface area contributed by atoms with E-state index in [1.807, 2.05) is 0 Å². The summed E-state index contributed by atoms with van der Waals surface area (Å²) in [6.45, 7) is 0. The summed E-state index contributed by atoms with van der Waals surface area (Å²) in [6.07, 6.45) is 1.74. The second kappa shape index (κ2) is 3.66. The zero-order chi connectivity index (χ0) is 11.9. The minimum atomic E-state index is -3.25. The molecule has 0 bridgehead atoms. The first kappa shape index (κ1) is 11.3. The lowest BCUT2D eigenvalue weighted by Crippen LogP contribution is -2.07. The average Bonchev–Trinajstić information content (AvgIpc) is 2.91. The van der Waals surface area contributed by atoms with Crippen molar-refractivity contribution in [1.82, 2.24) is 0 Å². The van der Waals surface area contributed by atoms with E-state index in [-0.39, 0.29) is 5.92 Å². The third kappa shape index (κ3) is 1.87. The van der Waals surface area contributed by atoms with Crippen molar-refractivity contribution in [3.05, 3.63) is 35.6 Å². The first-order chi connectivity index (χ1) is 7.45. The number of sulfone groups is 1. The predicted molar refractivity (Wildman–Crippen MR) is 57.3 cm³/mol. The number of halogens is 1. The van der Waals surface area contributed by atoms with Gasteiger partial charge in [0.1, 0.15) is 12.1 Å². The molecule has 5 heteroatoms. The van der Waals surface area contributed by atoms with Gasteiger partial charge in [0.25, 0.3) is 0 Å². The zero-order valence-corrected chi connectivity index (χ0v) is 9.45. The van der Waals surface area contributed by atoms with E-state index in [2.05, 4.69) is 0 Å². The summed E-state index contributed by atoms with van der Waals surface area (Å²) >= 11 is 0. The Bertz CT molecular complexity index is 524. The Balaban J connectivity index is 2.34. The van der Waals surface area contributed by atoms with Crippen LogP contribution < -0.4 is 0 Å². The summed E-state index contributed by atoms with van der Waals surface area (Å²) in [5.41, 5.74) is 0.576. The molecule has 0 saturated heterocycles. The number of aldehydes is 1. The Hall–Kier alpha value is -1.23. The van der Waals surface area contributed by atoms with Gasteiger partial charge < -0.3 is 4.79 Å². The number of hydrogen-bond acceptors (Lipinski definition) is 3. The molecule has 1 aliphatic carbocycles. The van der Waals surface area contributed by atoms with Crippen molar-refractivity contribution in [1.29, 1.82) is 0 Å². The van der Waals surface area contributed by atoms with Crippen molar-refractivity contribution in [3.63, 3.8) is 0 Å². The molecule has 0 unspecified atom stereocenters. The van der Waals surface area contributed by atoms with E-state index in [1.54, 1.807) is 6.07 Å². The molecule has 0 spiro atoms. The first-order valence-corrected chi connectivity index (χ1v) is 6.80. The first-order valence-electron chi connectivity index (χ1n) is 4.85. The minimum Gasteiger partial charge on any atom is -0.303 e. The Morgan fingerprint density at radius 3 is 2.50 bits per heavy atom. The summed E-state index contributed by atoms with van der Waals surface area (Å²) in [5, 5.41) is -0.688. The van der Waals surface area contributed by atoms with Gasteiger partial charge in [-0.05, 0) is 17.7 Å². The smallest absolute Gasteiger partial charge is 0.151 e. The van der Waals surface area contributed by atoms with Gasteiger partial charge >= 0.3 is 0 Å². The molecular formula is C11H11FO3S. The van der Waals surface area contributed by atoms with E-state index in [1.165, 1.54) is 18.2 Å². The molecule has 16 heavy (non-hydrogen) atoms. The van der Waals surface area contributed by atoms with Crippen LogP contribution in [0, 0.1) is 11.7 Å². The lowest BCUT2D eigenvalue weighted by Gasteiger charge is -1.98. The molecule has 0 heterocycles. The van der Waals surface area contributed by atoms with Crippen molar-refractivity contribution < 1.29 is 17.6 Å². The third-order valence-electron chi connectivity index (χ3n) is 2.89. The SMILES string of the molecule is CS(=O)(=O)[C@@H]1[C@@H](C=O)[C@H]1c1cccc(F)c1. The zero-order valence-electron chi connectivity index (χ0n) is 8.63.